The number of hydrogen-bond acceptors (Lipinski definition) is 3. The maximum atomic E-state index is 11.7. The molecular weight excluding hydrogens is 264 g/mol. The number of rotatable bonds is 1. The average Bonchev–Trinajstić information content (AvgIpc) is 2.73. The van der Waals surface area contributed by atoms with Crippen LogP contribution in [0.4, 0.5) is 0 Å². The van der Waals surface area contributed by atoms with Crippen molar-refractivity contribution < 1.29 is 4.79 Å². The fraction of sp³-hybridized carbons (Fsp3) is 0.0769. The van der Waals surface area contributed by atoms with Gasteiger partial charge in [0.1, 0.15) is 0 Å². The summed E-state index contributed by atoms with van der Waals surface area (Å²) in [7, 11) is 0. The number of benzene rings is 1. The number of carbonyl (C=O) groups excluding carboxylic acids is 1. The number of amides is 1. The lowest BCUT2D eigenvalue weighted by Gasteiger charge is -2.05. The van der Waals surface area contributed by atoms with Gasteiger partial charge < -0.3 is 0 Å². The van der Waals surface area contributed by atoms with Crippen molar-refractivity contribution in [3.8, 4) is 5.69 Å². The minimum Gasteiger partial charge on any atom is -0.263 e. The summed E-state index contributed by atoms with van der Waals surface area (Å²) in [5.74, 6) is -0.453. The molecule has 0 unspecified atom stereocenters. The summed E-state index contributed by atoms with van der Waals surface area (Å²) < 4.78 is 1.65. The van der Waals surface area contributed by atoms with Gasteiger partial charge in [-0.1, -0.05) is 24.2 Å². The molecule has 2 heterocycles. The minimum atomic E-state index is -0.453. The molecule has 0 fully saturated rings. The lowest BCUT2D eigenvalue weighted by molar-refractivity contribution is 0.0987. The molecule has 0 saturated carbocycles. The van der Waals surface area contributed by atoms with Crippen molar-refractivity contribution >= 4 is 23.2 Å². The van der Waals surface area contributed by atoms with E-state index in [1.807, 2.05) is 19.1 Å². The van der Waals surface area contributed by atoms with Crippen molar-refractivity contribution in [1.82, 2.24) is 9.78 Å². The Labute approximate surface area is 114 Å². The van der Waals surface area contributed by atoms with Crippen LogP contribution in [0.25, 0.3) is 11.4 Å². The Bertz CT molecular complexity index is 745. The summed E-state index contributed by atoms with van der Waals surface area (Å²) in [6, 6.07) is 7.23. The molecule has 0 bridgehead atoms. The van der Waals surface area contributed by atoms with E-state index in [0.29, 0.717) is 16.3 Å². The zero-order chi connectivity index (χ0) is 13.6. The maximum absolute atomic E-state index is 11.7. The van der Waals surface area contributed by atoms with Crippen LogP contribution >= 0.6 is 11.6 Å². The first kappa shape index (κ1) is 11.8. The molecule has 0 atom stereocenters. The number of fused-ring (bicyclic) bond motifs is 1. The van der Waals surface area contributed by atoms with Gasteiger partial charge in [-0.3, -0.25) is 4.79 Å². The third-order valence-electron chi connectivity index (χ3n) is 2.92. The number of nitrogens with zero attached hydrogens (tertiary/aromatic N) is 4. The second kappa shape index (κ2) is 4.13. The van der Waals surface area contributed by atoms with Gasteiger partial charge in [0.25, 0.3) is 0 Å². The third-order valence-corrected chi connectivity index (χ3v) is 3.16. The van der Waals surface area contributed by atoms with E-state index in [1.165, 1.54) is 0 Å². The SMILES string of the molecule is C=C1N=NC(=O)c2nn(-c3cccc(Cl)c3)c(C)c21. The summed E-state index contributed by atoms with van der Waals surface area (Å²) >= 11 is 5.97. The molecule has 0 spiro atoms. The van der Waals surface area contributed by atoms with Gasteiger partial charge in [0.2, 0.25) is 0 Å². The summed E-state index contributed by atoms with van der Waals surface area (Å²) in [6.07, 6.45) is 0. The Kier molecular flexibility index (Phi) is 2.57. The molecule has 0 aliphatic carbocycles. The number of hydrogen-bond donors (Lipinski definition) is 0. The van der Waals surface area contributed by atoms with Gasteiger partial charge >= 0.3 is 5.91 Å². The van der Waals surface area contributed by atoms with E-state index in [4.69, 9.17) is 11.6 Å². The Balaban J connectivity index is 2.24. The Hall–Kier alpha value is -2.27. The number of azo groups is 1. The van der Waals surface area contributed by atoms with Crippen molar-refractivity contribution in [2.75, 3.05) is 0 Å². The molecule has 0 N–H and O–H groups in total. The van der Waals surface area contributed by atoms with Crippen LogP contribution in [0, 0.1) is 6.92 Å². The first-order valence-corrected chi connectivity index (χ1v) is 5.96. The normalized spacial score (nSPS) is 13.8. The summed E-state index contributed by atoms with van der Waals surface area (Å²) in [5, 5.41) is 12.1. The van der Waals surface area contributed by atoms with Crippen LogP contribution in [0.15, 0.2) is 41.1 Å². The van der Waals surface area contributed by atoms with E-state index in [1.54, 1.807) is 16.8 Å². The van der Waals surface area contributed by atoms with Crippen molar-refractivity contribution in [3.63, 3.8) is 0 Å². The van der Waals surface area contributed by atoms with Gasteiger partial charge in [0.05, 0.1) is 22.6 Å². The Morgan fingerprint density at radius 2 is 2.11 bits per heavy atom. The van der Waals surface area contributed by atoms with Crippen molar-refractivity contribution in [2.45, 2.75) is 6.92 Å². The predicted octanol–water partition coefficient (Wildman–Crippen LogP) is 3.41. The highest BCUT2D eigenvalue weighted by Gasteiger charge is 2.26. The van der Waals surface area contributed by atoms with E-state index in [2.05, 4.69) is 21.9 Å². The molecule has 6 heteroatoms. The summed E-state index contributed by atoms with van der Waals surface area (Å²) in [5.41, 5.74) is 2.92. The van der Waals surface area contributed by atoms with E-state index < -0.39 is 5.91 Å². The molecule has 2 aromatic rings. The molecule has 94 valence electrons. The van der Waals surface area contributed by atoms with Gasteiger partial charge in [-0.2, -0.15) is 5.10 Å². The van der Waals surface area contributed by atoms with Gasteiger partial charge in [0, 0.05) is 5.02 Å². The molecule has 5 nitrogen and oxygen atoms in total. The van der Waals surface area contributed by atoms with Crippen molar-refractivity contribution in [1.29, 1.82) is 0 Å². The zero-order valence-electron chi connectivity index (χ0n) is 10.1. The lowest BCUT2D eigenvalue weighted by Crippen LogP contribution is -2.03. The van der Waals surface area contributed by atoms with Crippen LogP contribution < -0.4 is 0 Å². The van der Waals surface area contributed by atoms with E-state index >= 15 is 0 Å². The molecule has 1 aliphatic rings. The van der Waals surface area contributed by atoms with Crippen LogP contribution in [0.5, 0.6) is 0 Å². The smallest absolute Gasteiger partial charge is 0.263 e. The molecule has 19 heavy (non-hydrogen) atoms. The third kappa shape index (κ3) is 1.79. The lowest BCUT2D eigenvalue weighted by atomic mass is 10.1. The summed E-state index contributed by atoms with van der Waals surface area (Å²) in [4.78, 5) is 11.7. The second-order valence-electron chi connectivity index (χ2n) is 4.15. The number of carbonyl (C=O) groups is 1. The topological polar surface area (TPSA) is 59.6 Å². The first-order valence-electron chi connectivity index (χ1n) is 5.59. The monoisotopic (exact) mass is 272 g/mol. The van der Waals surface area contributed by atoms with Crippen LogP contribution in [-0.2, 0) is 0 Å². The van der Waals surface area contributed by atoms with Crippen LogP contribution in [0.2, 0.25) is 5.02 Å². The van der Waals surface area contributed by atoms with Gasteiger partial charge in [-0.15, -0.1) is 10.2 Å². The fourth-order valence-electron chi connectivity index (χ4n) is 2.06. The molecule has 1 aromatic heterocycles. The zero-order valence-corrected chi connectivity index (χ0v) is 10.8. The molecule has 0 saturated heterocycles. The van der Waals surface area contributed by atoms with E-state index in [-0.39, 0.29) is 5.69 Å². The van der Waals surface area contributed by atoms with E-state index in [9.17, 15) is 4.79 Å². The highest BCUT2D eigenvalue weighted by Crippen LogP contribution is 2.29. The molecule has 3 rings (SSSR count). The van der Waals surface area contributed by atoms with Crippen LogP contribution in [-0.4, -0.2) is 15.7 Å². The standard InChI is InChI=1S/C13H9ClN4O/c1-7-11-8(2)18(10-5-3-4-9(14)6-10)17-12(11)13(19)16-15-7/h3-6H,1H2,2H3. The van der Waals surface area contributed by atoms with Crippen LogP contribution in [0.1, 0.15) is 21.7 Å². The molecule has 1 aromatic carbocycles. The Morgan fingerprint density at radius 1 is 1.32 bits per heavy atom. The van der Waals surface area contributed by atoms with E-state index in [0.717, 1.165) is 11.4 Å². The van der Waals surface area contributed by atoms with Gasteiger partial charge in [-0.25, -0.2) is 4.68 Å². The predicted molar refractivity (Wildman–Crippen MR) is 71.5 cm³/mol. The van der Waals surface area contributed by atoms with Crippen molar-refractivity contribution in [3.05, 3.63) is 52.8 Å². The second-order valence-corrected chi connectivity index (χ2v) is 4.59. The number of aromatic nitrogens is 2. The van der Waals surface area contributed by atoms with Crippen LogP contribution in [0.3, 0.4) is 0 Å². The highest BCUT2D eigenvalue weighted by molar-refractivity contribution is 6.30. The molecule has 1 amide bonds. The molecule has 0 radical (unpaired) electrons. The van der Waals surface area contributed by atoms with Crippen molar-refractivity contribution in [2.24, 2.45) is 10.2 Å². The first-order chi connectivity index (χ1) is 9.08. The maximum Gasteiger partial charge on any atom is 0.316 e. The fourth-order valence-corrected chi connectivity index (χ4v) is 2.24. The minimum absolute atomic E-state index is 0.275. The largest absolute Gasteiger partial charge is 0.316 e. The number of halogens is 1. The Morgan fingerprint density at radius 3 is 2.79 bits per heavy atom. The molecule has 1 aliphatic heterocycles. The van der Waals surface area contributed by atoms with Gasteiger partial charge in [-0.05, 0) is 25.1 Å². The molecular formula is C13H9ClN4O. The quantitative estimate of drug-likeness (QED) is 0.799. The van der Waals surface area contributed by atoms with Gasteiger partial charge in [0.15, 0.2) is 5.69 Å². The average molecular weight is 273 g/mol. The summed E-state index contributed by atoms with van der Waals surface area (Å²) in [6.45, 7) is 5.64. The highest BCUT2D eigenvalue weighted by atomic mass is 35.5.